The molecule has 1 aromatic heterocycles. The number of carbonyl (C=O) groups is 2. The van der Waals surface area contributed by atoms with Crippen LogP contribution < -0.4 is 21.1 Å². The molecule has 0 aliphatic rings. The lowest BCUT2D eigenvalue weighted by Gasteiger charge is -2.11. The maximum Gasteiger partial charge on any atom is 0.238 e. The minimum Gasteiger partial charge on any atom is -0.495 e. The number of nitrogens with one attached hydrogen (secondary N) is 2. The van der Waals surface area contributed by atoms with Gasteiger partial charge in [0.2, 0.25) is 11.8 Å². The van der Waals surface area contributed by atoms with Gasteiger partial charge in [0.1, 0.15) is 5.75 Å². The molecule has 0 saturated carbocycles. The van der Waals surface area contributed by atoms with Crippen LogP contribution in [0.15, 0.2) is 48.7 Å². The highest BCUT2D eigenvalue weighted by molar-refractivity contribution is 5.94. The summed E-state index contributed by atoms with van der Waals surface area (Å²) < 4.78 is 7.32. The Morgan fingerprint density at radius 3 is 2.72 bits per heavy atom. The first kappa shape index (κ1) is 20.4. The fourth-order valence-corrected chi connectivity index (χ4v) is 3.30. The Bertz CT molecular complexity index is 1030. The molecule has 0 unspecified atom stereocenters. The van der Waals surface area contributed by atoms with E-state index in [1.165, 1.54) is 0 Å². The molecule has 0 spiro atoms. The average Bonchev–Trinajstić information content (AvgIpc) is 3.04. The Labute approximate surface area is 169 Å². The Hall–Kier alpha value is -3.32. The summed E-state index contributed by atoms with van der Waals surface area (Å²) in [6.45, 7) is 3.19. The van der Waals surface area contributed by atoms with Crippen molar-refractivity contribution >= 4 is 28.4 Å². The summed E-state index contributed by atoms with van der Waals surface area (Å²) in [5.74, 6) is 0.151. The molecule has 1 heterocycles. The molecule has 0 fully saturated rings. The van der Waals surface area contributed by atoms with E-state index in [-0.39, 0.29) is 24.8 Å². The second kappa shape index (κ2) is 9.25. The van der Waals surface area contributed by atoms with E-state index in [0.717, 1.165) is 22.0 Å². The third kappa shape index (κ3) is 5.14. The van der Waals surface area contributed by atoms with Crippen molar-refractivity contribution in [1.82, 2.24) is 9.88 Å². The highest BCUT2D eigenvalue weighted by Crippen LogP contribution is 2.25. The zero-order chi connectivity index (χ0) is 20.8. The Balaban J connectivity index is 1.63. The molecule has 2 aromatic carbocycles. The van der Waals surface area contributed by atoms with Crippen LogP contribution in [0.3, 0.4) is 0 Å². The van der Waals surface area contributed by atoms with E-state index >= 15 is 0 Å². The zero-order valence-electron chi connectivity index (χ0n) is 16.7. The van der Waals surface area contributed by atoms with E-state index < -0.39 is 0 Å². The van der Waals surface area contributed by atoms with E-state index in [4.69, 9.17) is 10.5 Å². The molecule has 4 N–H and O–H groups in total. The van der Waals surface area contributed by atoms with Gasteiger partial charge in [-0.25, -0.2) is 0 Å². The fraction of sp³-hybridized carbons (Fsp3) is 0.273. The summed E-state index contributed by atoms with van der Waals surface area (Å²) in [5.41, 5.74) is 9.08. The standard InChI is InChI=1S/C22H26N4O3/c1-15-7-8-20(29-2)18(11-15)25-22(28)13-24-12-16-14-26(10-9-21(23)27)19-6-4-3-5-17(16)19/h3-8,11,14,24H,9-10,12-13H2,1-2H3,(H2,23,27)(H,25,28). The fourth-order valence-electron chi connectivity index (χ4n) is 3.30. The maximum absolute atomic E-state index is 12.3. The van der Waals surface area contributed by atoms with Crippen molar-refractivity contribution in [2.24, 2.45) is 5.73 Å². The number of rotatable bonds is 9. The summed E-state index contributed by atoms with van der Waals surface area (Å²) in [6, 6.07) is 13.6. The highest BCUT2D eigenvalue weighted by atomic mass is 16.5. The monoisotopic (exact) mass is 394 g/mol. The first-order valence-electron chi connectivity index (χ1n) is 9.48. The zero-order valence-corrected chi connectivity index (χ0v) is 16.7. The van der Waals surface area contributed by atoms with Crippen LogP contribution in [-0.4, -0.2) is 30.0 Å². The predicted molar refractivity (Wildman–Crippen MR) is 114 cm³/mol. The molecule has 0 radical (unpaired) electrons. The van der Waals surface area contributed by atoms with Crippen molar-refractivity contribution in [2.75, 3.05) is 19.0 Å². The highest BCUT2D eigenvalue weighted by Gasteiger charge is 2.11. The Morgan fingerprint density at radius 2 is 1.97 bits per heavy atom. The van der Waals surface area contributed by atoms with Gasteiger partial charge in [0.15, 0.2) is 0 Å². The number of nitrogens with two attached hydrogens (primary N) is 1. The first-order chi connectivity index (χ1) is 14.0. The molecule has 0 saturated heterocycles. The Kier molecular flexibility index (Phi) is 6.51. The van der Waals surface area contributed by atoms with Gasteiger partial charge in [-0.2, -0.15) is 0 Å². The minimum absolute atomic E-state index is 0.147. The van der Waals surface area contributed by atoms with E-state index in [1.807, 2.05) is 60.2 Å². The molecule has 0 bridgehead atoms. The number of anilines is 1. The number of hydrogen-bond donors (Lipinski definition) is 3. The Morgan fingerprint density at radius 1 is 1.17 bits per heavy atom. The summed E-state index contributed by atoms with van der Waals surface area (Å²) in [5, 5.41) is 7.16. The number of amides is 2. The third-order valence-electron chi connectivity index (χ3n) is 4.70. The number of para-hydroxylation sites is 1. The number of hydrogen-bond acceptors (Lipinski definition) is 4. The molecule has 3 aromatic rings. The number of carbonyl (C=O) groups excluding carboxylic acids is 2. The van der Waals surface area contributed by atoms with Gasteiger partial charge >= 0.3 is 0 Å². The second-order valence-electron chi connectivity index (χ2n) is 6.94. The molecule has 0 aliphatic carbocycles. The third-order valence-corrected chi connectivity index (χ3v) is 4.70. The quantitative estimate of drug-likeness (QED) is 0.519. The van der Waals surface area contributed by atoms with Gasteiger partial charge in [-0.15, -0.1) is 0 Å². The van der Waals surface area contributed by atoms with E-state index in [2.05, 4.69) is 10.6 Å². The van der Waals surface area contributed by atoms with Crippen LogP contribution in [0.1, 0.15) is 17.5 Å². The summed E-state index contributed by atoms with van der Waals surface area (Å²) in [4.78, 5) is 23.5. The van der Waals surface area contributed by atoms with Gasteiger partial charge in [-0.3, -0.25) is 9.59 Å². The van der Waals surface area contributed by atoms with Gasteiger partial charge in [0.05, 0.1) is 19.3 Å². The molecular formula is C22H26N4O3. The number of benzene rings is 2. The van der Waals surface area contributed by atoms with E-state index in [9.17, 15) is 9.59 Å². The number of methoxy groups -OCH3 is 1. The normalized spacial score (nSPS) is 10.8. The van der Waals surface area contributed by atoms with Crippen LogP contribution in [0, 0.1) is 6.92 Å². The van der Waals surface area contributed by atoms with Gasteiger partial charge < -0.3 is 25.7 Å². The molecular weight excluding hydrogens is 368 g/mol. The average molecular weight is 394 g/mol. The van der Waals surface area contributed by atoms with Crippen LogP contribution >= 0.6 is 0 Å². The van der Waals surface area contributed by atoms with Crippen molar-refractivity contribution in [3.63, 3.8) is 0 Å². The maximum atomic E-state index is 12.3. The summed E-state index contributed by atoms with van der Waals surface area (Å²) >= 11 is 0. The molecule has 0 aliphatic heterocycles. The molecule has 7 heteroatoms. The van der Waals surface area contributed by atoms with Crippen molar-refractivity contribution in [3.8, 4) is 5.75 Å². The molecule has 29 heavy (non-hydrogen) atoms. The van der Waals surface area contributed by atoms with E-state index in [1.54, 1.807) is 7.11 Å². The van der Waals surface area contributed by atoms with Gasteiger partial charge in [0.25, 0.3) is 0 Å². The van der Waals surface area contributed by atoms with Crippen LogP contribution in [0.5, 0.6) is 5.75 Å². The largest absolute Gasteiger partial charge is 0.495 e. The van der Waals surface area contributed by atoms with Gasteiger partial charge in [-0.05, 0) is 36.2 Å². The van der Waals surface area contributed by atoms with Crippen LogP contribution in [0.4, 0.5) is 5.69 Å². The second-order valence-corrected chi connectivity index (χ2v) is 6.94. The number of fused-ring (bicyclic) bond motifs is 1. The lowest BCUT2D eigenvalue weighted by Crippen LogP contribution is -2.27. The number of primary amides is 1. The SMILES string of the molecule is COc1ccc(C)cc1NC(=O)CNCc1cn(CCC(N)=O)c2ccccc12. The van der Waals surface area contributed by atoms with Crippen molar-refractivity contribution in [2.45, 2.75) is 26.4 Å². The minimum atomic E-state index is -0.328. The van der Waals surface area contributed by atoms with Crippen LogP contribution in [0.2, 0.25) is 0 Å². The number of ether oxygens (including phenoxy) is 1. The van der Waals surface area contributed by atoms with Crippen LogP contribution in [-0.2, 0) is 22.7 Å². The van der Waals surface area contributed by atoms with Crippen molar-refractivity contribution in [1.29, 1.82) is 0 Å². The van der Waals surface area contributed by atoms with Gasteiger partial charge in [0, 0.05) is 36.6 Å². The van der Waals surface area contributed by atoms with E-state index in [0.29, 0.717) is 24.5 Å². The molecule has 0 atom stereocenters. The van der Waals surface area contributed by atoms with Crippen molar-refractivity contribution < 1.29 is 14.3 Å². The lowest BCUT2D eigenvalue weighted by atomic mass is 10.2. The smallest absolute Gasteiger partial charge is 0.238 e. The summed E-state index contributed by atoms with van der Waals surface area (Å²) in [7, 11) is 1.58. The number of nitrogens with zero attached hydrogens (tertiary/aromatic N) is 1. The topological polar surface area (TPSA) is 98.4 Å². The van der Waals surface area contributed by atoms with Crippen LogP contribution in [0.25, 0.3) is 10.9 Å². The number of aryl methyl sites for hydroxylation is 2. The molecule has 2 amide bonds. The van der Waals surface area contributed by atoms with Gasteiger partial charge in [-0.1, -0.05) is 24.3 Å². The molecule has 3 rings (SSSR count). The number of aromatic nitrogens is 1. The summed E-state index contributed by atoms with van der Waals surface area (Å²) in [6.07, 6.45) is 2.29. The predicted octanol–water partition coefficient (Wildman–Crippen LogP) is 2.56. The molecule has 152 valence electrons. The lowest BCUT2D eigenvalue weighted by molar-refractivity contribution is -0.118. The first-order valence-corrected chi connectivity index (χ1v) is 9.48. The van der Waals surface area contributed by atoms with Crippen molar-refractivity contribution in [3.05, 3.63) is 59.8 Å². The molecule has 7 nitrogen and oxygen atoms in total.